The zero-order valence-electron chi connectivity index (χ0n) is 19.6. The molecule has 0 heterocycles. The first-order valence-corrected chi connectivity index (χ1v) is 12.7. The van der Waals surface area contributed by atoms with Crippen molar-refractivity contribution >= 4 is 11.9 Å². The molecule has 1 aliphatic rings. The number of rotatable bonds is 10. The quantitative estimate of drug-likeness (QED) is 0.176. The summed E-state index contributed by atoms with van der Waals surface area (Å²) < 4.78 is 3.65. The van der Waals surface area contributed by atoms with Gasteiger partial charge in [-0.3, -0.25) is 4.72 Å². The van der Waals surface area contributed by atoms with Gasteiger partial charge in [0, 0.05) is 11.4 Å². The summed E-state index contributed by atoms with van der Waals surface area (Å²) in [7, 11) is 0. The van der Waals surface area contributed by atoms with Gasteiger partial charge in [0.05, 0.1) is 6.04 Å². The molecule has 1 atom stereocenters. The molecule has 0 bridgehead atoms. The van der Waals surface area contributed by atoms with E-state index in [1.54, 1.807) is 17.5 Å². The third-order valence-electron chi connectivity index (χ3n) is 5.50. The highest BCUT2D eigenvalue weighted by atomic mass is 32.2. The lowest BCUT2D eigenvalue weighted by molar-refractivity contribution is 0.560. The molecule has 1 unspecified atom stereocenters. The van der Waals surface area contributed by atoms with Gasteiger partial charge in [-0.25, -0.2) is 0 Å². The molecule has 1 aliphatic carbocycles. The van der Waals surface area contributed by atoms with E-state index >= 15 is 0 Å². The van der Waals surface area contributed by atoms with Crippen molar-refractivity contribution in [2.24, 2.45) is 0 Å². The van der Waals surface area contributed by atoms with Gasteiger partial charge in [0.1, 0.15) is 0 Å². The first-order valence-electron chi connectivity index (χ1n) is 11.9. The van der Waals surface area contributed by atoms with Crippen LogP contribution >= 0.6 is 11.9 Å². The lowest BCUT2D eigenvalue weighted by Gasteiger charge is -2.19. The highest BCUT2D eigenvalue weighted by Crippen LogP contribution is 2.21. The minimum Gasteiger partial charge on any atom is -0.315 e. The van der Waals surface area contributed by atoms with Crippen LogP contribution in [0.3, 0.4) is 0 Å². The molecule has 0 aliphatic heterocycles. The van der Waals surface area contributed by atoms with Gasteiger partial charge >= 0.3 is 0 Å². The number of hydrogen-bond donors (Lipinski definition) is 2. The summed E-state index contributed by atoms with van der Waals surface area (Å²) in [6.07, 6.45) is 11.6. The Balaban J connectivity index is 0.000000508. The largest absolute Gasteiger partial charge is 0.315 e. The van der Waals surface area contributed by atoms with Gasteiger partial charge in [-0.2, -0.15) is 0 Å². The molecule has 0 spiro atoms. The van der Waals surface area contributed by atoms with Crippen LogP contribution in [0.2, 0.25) is 0 Å². The predicted octanol–water partition coefficient (Wildman–Crippen LogP) is 8.30. The second-order valence-electron chi connectivity index (χ2n) is 8.23. The summed E-state index contributed by atoms with van der Waals surface area (Å²) >= 11 is 1.71. The van der Waals surface area contributed by atoms with Gasteiger partial charge in [0.2, 0.25) is 0 Å². The second-order valence-corrected chi connectivity index (χ2v) is 9.14. The molecule has 2 N–H and O–H groups in total. The van der Waals surface area contributed by atoms with Crippen molar-refractivity contribution in [2.45, 2.75) is 51.0 Å². The standard InChI is InChI=1S/C24H30N2S.C6H6.CH4/c1-20-14-16-23(17-15-20)27-26-24(22-12-6-3-7-13-22)19-25-18-8-11-21-9-4-2-5-10-21;1-2-4-6-5-3-1;/h2-4,6-7,10,12-17,24-26H,5,8-9,11,18-19H2,1H3;1-6H;1H4. The molecule has 0 radical (unpaired) electrons. The molecule has 3 heteroatoms. The Morgan fingerprint density at radius 1 is 0.824 bits per heavy atom. The second kappa shape index (κ2) is 16.9. The van der Waals surface area contributed by atoms with Crippen LogP contribution in [0.4, 0.5) is 0 Å². The summed E-state index contributed by atoms with van der Waals surface area (Å²) in [5.41, 5.74) is 4.21. The summed E-state index contributed by atoms with van der Waals surface area (Å²) in [5, 5.41) is 3.65. The summed E-state index contributed by atoms with van der Waals surface area (Å²) in [4.78, 5) is 1.25. The van der Waals surface area contributed by atoms with E-state index in [0.717, 1.165) is 25.9 Å². The van der Waals surface area contributed by atoms with Crippen LogP contribution in [0, 0.1) is 6.92 Å². The Labute approximate surface area is 211 Å². The van der Waals surface area contributed by atoms with Crippen LogP contribution in [0.15, 0.2) is 120 Å². The molecule has 4 rings (SSSR count). The highest BCUT2D eigenvalue weighted by Gasteiger charge is 2.11. The van der Waals surface area contributed by atoms with Gasteiger partial charge in [-0.1, -0.05) is 116 Å². The van der Waals surface area contributed by atoms with Crippen LogP contribution in [-0.2, 0) is 0 Å². The predicted molar refractivity (Wildman–Crippen MR) is 151 cm³/mol. The summed E-state index contributed by atoms with van der Waals surface area (Å²) in [6, 6.07) is 31.7. The fourth-order valence-electron chi connectivity index (χ4n) is 3.58. The van der Waals surface area contributed by atoms with E-state index in [1.165, 1.54) is 28.9 Å². The molecule has 0 fully saturated rings. The number of aryl methyl sites for hydroxylation is 1. The van der Waals surface area contributed by atoms with Crippen molar-refractivity contribution in [2.75, 3.05) is 13.1 Å². The van der Waals surface area contributed by atoms with Crippen LogP contribution in [0.1, 0.15) is 50.3 Å². The molecular weight excluding hydrogens is 432 g/mol. The Morgan fingerprint density at radius 3 is 2.09 bits per heavy atom. The first-order chi connectivity index (χ1) is 16.3. The SMILES string of the molecule is C.Cc1ccc(SNC(CNCCCC2=CCC=CC2)c2ccccc2)cc1.c1ccccc1. The highest BCUT2D eigenvalue weighted by molar-refractivity contribution is 7.97. The maximum atomic E-state index is 3.65. The molecule has 0 saturated carbocycles. The van der Waals surface area contributed by atoms with E-state index in [1.807, 2.05) is 36.4 Å². The van der Waals surface area contributed by atoms with E-state index in [2.05, 4.69) is 89.8 Å². The van der Waals surface area contributed by atoms with Gasteiger partial charge < -0.3 is 5.32 Å². The fraction of sp³-hybridized carbons (Fsp3) is 0.290. The zero-order valence-corrected chi connectivity index (χ0v) is 20.4. The normalized spacial score (nSPS) is 13.1. The van der Waals surface area contributed by atoms with E-state index in [-0.39, 0.29) is 13.5 Å². The Morgan fingerprint density at radius 2 is 1.47 bits per heavy atom. The van der Waals surface area contributed by atoms with Crippen LogP contribution in [-0.4, -0.2) is 13.1 Å². The van der Waals surface area contributed by atoms with Crippen LogP contribution < -0.4 is 10.0 Å². The number of allylic oxidation sites excluding steroid dienone is 4. The maximum absolute atomic E-state index is 3.65. The average Bonchev–Trinajstić information content (AvgIpc) is 2.89. The Hall–Kier alpha value is -2.59. The van der Waals surface area contributed by atoms with Gasteiger partial charge in [0.25, 0.3) is 0 Å². The molecule has 3 aromatic rings. The van der Waals surface area contributed by atoms with E-state index in [0.29, 0.717) is 0 Å². The third kappa shape index (κ3) is 11.0. The minimum absolute atomic E-state index is 0. The van der Waals surface area contributed by atoms with Crippen molar-refractivity contribution in [1.82, 2.24) is 10.0 Å². The van der Waals surface area contributed by atoms with E-state index in [9.17, 15) is 0 Å². The molecule has 2 nitrogen and oxygen atoms in total. The lowest BCUT2D eigenvalue weighted by atomic mass is 10.0. The van der Waals surface area contributed by atoms with Crippen molar-refractivity contribution in [3.8, 4) is 0 Å². The zero-order chi connectivity index (χ0) is 23.0. The van der Waals surface area contributed by atoms with Crippen molar-refractivity contribution in [1.29, 1.82) is 0 Å². The number of hydrogen-bond acceptors (Lipinski definition) is 3. The number of benzene rings is 3. The Bertz CT molecular complexity index is 923. The van der Waals surface area contributed by atoms with Crippen LogP contribution in [0.25, 0.3) is 0 Å². The average molecular weight is 473 g/mol. The maximum Gasteiger partial charge on any atom is 0.0549 e. The smallest absolute Gasteiger partial charge is 0.0549 e. The van der Waals surface area contributed by atoms with E-state index in [4.69, 9.17) is 0 Å². The number of nitrogens with one attached hydrogen (secondary N) is 2. The molecule has 0 amide bonds. The lowest BCUT2D eigenvalue weighted by Crippen LogP contribution is -2.29. The van der Waals surface area contributed by atoms with Gasteiger partial charge in [-0.15, -0.1) is 0 Å². The monoisotopic (exact) mass is 472 g/mol. The van der Waals surface area contributed by atoms with Crippen molar-refractivity contribution in [3.05, 3.63) is 126 Å². The van der Waals surface area contributed by atoms with Crippen molar-refractivity contribution < 1.29 is 0 Å². The molecule has 0 saturated heterocycles. The topological polar surface area (TPSA) is 24.1 Å². The fourth-order valence-corrected chi connectivity index (χ4v) is 4.35. The molecule has 34 heavy (non-hydrogen) atoms. The first kappa shape index (κ1) is 27.7. The molecule has 0 aromatic heterocycles. The van der Waals surface area contributed by atoms with Gasteiger partial charge in [0.15, 0.2) is 0 Å². The summed E-state index contributed by atoms with van der Waals surface area (Å²) in [6.45, 7) is 4.11. The van der Waals surface area contributed by atoms with Crippen molar-refractivity contribution in [3.63, 3.8) is 0 Å². The minimum atomic E-state index is 0. The Kier molecular flexibility index (Phi) is 13.8. The van der Waals surface area contributed by atoms with E-state index < -0.39 is 0 Å². The molecule has 180 valence electrons. The molecular formula is C31H40N2S. The molecule has 3 aromatic carbocycles. The summed E-state index contributed by atoms with van der Waals surface area (Å²) in [5.74, 6) is 0. The van der Waals surface area contributed by atoms with Gasteiger partial charge in [-0.05, 0) is 68.8 Å². The third-order valence-corrected chi connectivity index (χ3v) is 6.41. The van der Waals surface area contributed by atoms with Crippen LogP contribution in [0.5, 0.6) is 0 Å².